The highest BCUT2D eigenvalue weighted by Gasteiger charge is 2.35. The number of para-hydroxylation sites is 1. The Balaban J connectivity index is 1.92. The van der Waals surface area contributed by atoms with E-state index in [2.05, 4.69) is 17.2 Å². The Morgan fingerprint density at radius 1 is 1.24 bits per heavy atom. The molecule has 1 N–H and O–H groups in total. The molecule has 1 aromatic carbocycles. The van der Waals surface area contributed by atoms with Crippen LogP contribution in [0.3, 0.4) is 0 Å². The van der Waals surface area contributed by atoms with Crippen molar-refractivity contribution in [2.75, 3.05) is 0 Å². The van der Waals surface area contributed by atoms with Crippen LogP contribution in [0.4, 0.5) is 0 Å². The van der Waals surface area contributed by atoms with Crippen LogP contribution < -0.4 is 0 Å². The van der Waals surface area contributed by atoms with Gasteiger partial charge < -0.3 is 5.11 Å². The van der Waals surface area contributed by atoms with Crippen molar-refractivity contribution in [3.05, 3.63) is 42.2 Å². The van der Waals surface area contributed by atoms with Crippen LogP contribution in [-0.2, 0) is 5.60 Å². The van der Waals surface area contributed by atoms with E-state index in [0.29, 0.717) is 0 Å². The fourth-order valence-electron chi connectivity index (χ4n) is 3.37. The van der Waals surface area contributed by atoms with Gasteiger partial charge in [-0.1, -0.05) is 43.2 Å². The number of hydrogen-bond acceptors (Lipinski definition) is 3. The second-order valence-electron chi connectivity index (χ2n) is 6.10. The molecule has 1 fully saturated rings. The van der Waals surface area contributed by atoms with Crippen molar-refractivity contribution >= 4 is 0 Å². The molecule has 21 heavy (non-hydrogen) atoms. The van der Waals surface area contributed by atoms with Gasteiger partial charge in [-0.05, 0) is 43.7 Å². The number of rotatable bonds is 3. The quantitative estimate of drug-likeness (QED) is 0.879. The number of aliphatic hydroxyl groups is 1. The fraction of sp³-hybridized carbons (Fsp3) is 0.529. The second kappa shape index (κ2) is 5.98. The topological polar surface area (TPSA) is 50.9 Å². The van der Waals surface area contributed by atoms with Crippen molar-refractivity contribution in [2.24, 2.45) is 5.92 Å². The van der Waals surface area contributed by atoms with E-state index in [0.717, 1.165) is 43.0 Å². The van der Waals surface area contributed by atoms with Gasteiger partial charge >= 0.3 is 0 Å². The van der Waals surface area contributed by atoms with Gasteiger partial charge in [-0.25, -0.2) is 4.68 Å². The van der Waals surface area contributed by atoms with Crippen molar-refractivity contribution in [3.63, 3.8) is 0 Å². The number of aromatic nitrogens is 3. The van der Waals surface area contributed by atoms with E-state index in [9.17, 15) is 5.11 Å². The molecule has 0 aliphatic heterocycles. The largest absolute Gasteiger partial charge is 0.383 e. The Morgan fingerprint density at radius 2 is 2.05 bits per heavy atom. The van der Waals surface area contributed by atoms with E-state index in [1.54, 1.807) is 10.9 Å². The van der Waals surface area contributed by atoms with Crippen LogP contribution in [0.15, 0.2) is 36.5 Å². The van der Waals surface area contributed by atoms with Crippen LogP contribution in [0.25, 0.3) is 5.69 Å². The minimum atomic E-state index is -0.802. The van der Waals surface area contributed by atoms with E-state index in [-0.39, 0.29) is 0 Å². The van der Waals surface area contributed by atoms with Gasteiger partial charge in [0.15, 0.2) is 0 Å². The molecule has 1 aliphatic rings. The minimum absolute atomic E-state index is 0.736. The van der Waals surface area contributed by atoms with Gasteiger partial charge in [0.1, 0.15) is 5.60 Å². The smallest absolute Gasteiger partial charge is 0.108 e. The molecule has 0 radical (unpaired) electrons. The summed E-state index contributed by atoms with van der Waals surface area (Å²) >= 11 is 0. The highest BCUT2D eigenvalue weighted by molar-refractivity contribution is 5.33. The third-order valence-electron chi connectivity index (χ3n) is 4.77. The van der Waals surface area contributed by atoms with E-state index >= 15 is 0 Å². The summed E-state index contributed by atoms with van der Waals surface area (Å²) in [4.78, 5) is 0. The van der Waals surface area contributed by atoms with Gasteiger partial charge in [-0.3, -0.25) is 0 Å². The van der Waals surface area contributed by atoms with Gasteiger partial charge in [0.05, 0.1) is 17.6 Å². The first-order valence-electron chi connectivity index (χ1n) is 7.92. The Hall–Kier alpha value is -1.68. The molecule has 1 aliphatic carbocycles. The molecule has 4 nitrogen and oxygen atoms in total. The summed E-state index contributed by atoms with van der Waals surface area (Å²) in [6, 6.07) is 9.92. The zero-order valence-electron chi connectivity index (χ0n) is 12.6. The second-order valence-corrected chi connectivity index (χ2v) is 6.10. The molecule has 2 aromatic rings. The normalized spacial score (nSPS) is 26.5. The molecule has 4 heteroatoms. The zero-order valence-corrected chi connectivity index (χ0v) is 12.6. The molecule has 0 saturated heterocycles. The molecule has 1 aromatic heterocycles. The molecule has 1 heterocycles. The highest BCUT2D eigenvalue weighted by Crippen LogP contribution is 2.38. The predicted octanol–water partition coefficient (Wildman–Crippen LogP) is 3.45. The van der Waals surface area contributed by atoms with Gasteiger partial charge in [0, 0.05) is 0 Å². The lowest BCUT2D eigenvalue weighted by Gasteiger charge is -2.27. The van der Waals surface area contributed by atoms with Crippen molar-refractivity contribution < 1.29 is 5.11 Å². The summed E-state index contributed by atoms with van der Waals surface area (Å²) in [7, 11) is 0. The van der Waals surface area contributed by atoms with Crippen LogP contribution in [0.5, 0.6) is 0 Å². The minimum Gasteiger partial charge on any atom is -0.383 e. The third kappa shape index (κ3) is 2.86. The molecular weight excluding hydrogens is 262 g/mol. The molecule has 0 spiro atoms. The molecular formula is C17H23N3O. The summed E-state index contributed by atoms with van der Waals surface area (Å²) in [5.41, 5.74) is 0.976. The van der Waals surface area contributed by atoms with E-state index in [1.807, 2.05) is 30.3 Å². The maximum Gasteiger partial charge on any atom is 0.108 e. The Morgan fingerprint density at radius 3 is 2.81 bits per heavy atom. The van der Waals surface area contributed by atoms with Crippen molar-refractivity contribution in [1.82, 2.24) is 15.0 Å². The lowest BCUT2D eigenvalue weighted by atomic mass is 9.90. The van der Waals surface area contributed by atoms with E-state index in [1.165, 1.54) is 12.8 Å². The zero-order chi connectivity index (χ0) is 14.7. The first-order valence-corrected chi connectivity index (χ1v) is 7.92. The molecule has 0 amide bonds. The van der Waals surface area contributed by atoms with Crippen molar-refractivity contribution in [2.45, 2.75) is 51.0 Å². The van der Waals surface area contributed by atoms with Gasteiger partial charge in [-0.2, -0.15) is 0 Å². The first-order chi connectivity index (χ1) is 10.2. The number of benzene rings is 1. The van der Waals surface area contributed by atoms with Crippen LogP contribution in [-0.4, -0.2) is 20.1 Å². The Labute approximate surface area is 125 Å². The van der Waals surface area contributed by atoms with E-state index < -0.39 is 5.60 Å². The number of nitrogens with zero attached hydrogens (tertiary/aromatic N) is 3. The standard InChI is InChI=1S/C17H23N3O/c1-2-14-7-6-11-17(21,12-10-14)16-13-18-19-20(16)15-8-4-3-5-9-15/h3-5,8-9,13-14,21H,2,6-7,10-12H2,1H3. The molecule has 1 saturated carbocycles. The Kier molecular flexibility index (Phi) is 4.06. The summed E-state index contributed by atoms with van der Waals surface area (Å²) in [5, 5.41) is 19.4. The maximum atomic E-state index is 11.2. The molecule has 0 bridgehead atoms. The van der Waals surface area contributed by atoms with Crippen molar-refractivity contribution in [1.29, 1.82) is 0 Å². The number of hydrogen-bond donors (Lipinski definition) is 1. The predicted molar refractivity (Wildman–Crippen MR) is 82.1 cm³/mol. The van der Waals surface area contributed by atoms with Crippen LogP contribution in [0.2, 0.25) is 0 Å². The van der Waals surface area contributed by atoms with Gasteiger partial charge in [0.2, 0.25) is 0 Å². The van der Waals surface area contributed by atoms with Crippen LogP contribution in [0, 0.1) is 5.92 Å². The molecule has 2 unspecified atom stereocenters. The van der Waals surface area contributed by atoms with Gasteiger partial charge in [0.25, 0.3) is 0 Å². The Bertz CT molecular complexity index is 581. The summed E-state index contributed by atoms with van der Waals surface area (Å²) in [5.74, 6) is 0.736. The van der Waals surface area contributed by atoms with Crippen LogP contribution >= 0.6 is 0 Å². The third-order valence-corrected chi connectivity index (χ3v) is 4.77. The SMILES string of the molecule is CCC1CCCC(O)(c2cnnn2-c2ccccc2)CC1. The molecule has 112 valence electrons. The van der Waals surface area contributed by atoms with Gasteiger partial charge in [-0.15, -0.1) is 5.10 Å². The van der Waals surface area contributed by atoms with Crippen LogP contribution in [0.1, 0.15) is 51.1 Å². The highest BCUT2D eigenvalue weighted by atomic mass is 16.3. The monoisotopic (exact) mass is 285 g/mol. The average molecular weight is 285 g/mol. The molecule has 3 rings (SSSR count). The van der Waals surface area contributed by atoms with Crippen molar-refractivity contribution in [3.8, 4) is 5.69 Å². The lowest BCUT2D eigenvalue weighted by Crippen LogP contribution is -2.28. The summed E-state index contributed by atoms with van der Waals surface area (Å²) in [6.45, 7) is 2.24. The average Bonchev–Trinajstić information content (AvgIpc) is 2.94. The first kappa shape index (κ1) is 14.3. The maximum absolute atomic E-state index is 11.2. The summed E-state index contributed by atoms with van der Waals surface area (Å²) in [6.07, 6.45) is 7.87. The summed E-state index contributed by atoms with van der Waals surface area (Å²) < 4.78 is 1.78. The van der Waals surface area contributed by atoms with E-state index in [4.69, 9.17) is 0 Å². The lowest BCUT2D eigenvalue weighted by molar-refractivity contribution is 0.0130. The molecule has 2 atom stereocenters. The fourth-order valence-corrected chi connectivity index (χ4v) is 3.37.